The van der Waals surface area contributed by atoms with Crippen LogP contribution in [0.1, 0.15) is 36.2 Å². The molecule has 0 unspecified atom stereocenters. The molecule has 5 nitrogen and oxygen atoms in total. The second-order valence-electron chi connectivity index (χ2n) is 5.41. The molecule has 22 heavy (non-hydrogen) atoms. The average Bonchev–Trinajstić information content (AvgIpc) is 2.59. The Morgan fingerprint density at radius 3 is 2.27 bits per heavy atom. The monoisotopic (exact) mass is 304 g/mol. The molecule has 1 aromatic rings. The summed E-state index contributed by atoms with van der Waals surface area (Å²) in [6, 6.07) is 5.74. The van der Waals surface area contributed by atoms with Gasteiger partial charge < -0.3 is 14.5 Å². The number of aryl methyl sites for hydroxylation is 1. The fourth-order valence-corrected chi connectivity index (χ4v) is 2.70. The van der Waals surface area contributed by atoms with Gasteiger partial charge in [-0.05, 0) is 24.1 Å². The van der Waals surface area contributed by atoms with Crippen LogP contribution in [0.5, 0.6) is 5.75 Å². The Morgan fingerprint density at radius 1 is 1.09 bits per heavy atom. The van der Waals surface area contributed by atoms with Gasteiger partial charge in [-0.2, -0.15) is 0 Å². The van der Waals surface area contributed by atoms with Crippen LogP contribution in [0, 0.1) is 0 Å². The van der Waals surface area contributed by atoms with E-state index in [0.717, 1.165) is 12.0 Å². The van der Waals surface area contributed by atoms with Crippen molar-refractivity contribution in [3.63, 3.8) is 0 Å². The Bertz CT molecular complexity index is 549. The van der Waals surface area contributed by atoms with Crippen molar-refractivity contribution in [2.24, 2.45) is 0 Å². The lowest BCUT2D eigenvalue weighted by Gasteiger charge is -2.35. The number of carbonyl (C=O) groups is 2. The van der Waals surface area contributed by atoms with Crippen LogP contribution in [0.15, 0.2) is 18.2 Å². The van der Waals surface area contributed by atoms with Crippen LogP contribution in [0.3, 0.4) is 0 Å². The fourth-order valence-electron chi connectivity index (χ4n) is 2.70. The van der Waals surface area contributed by atoms with Gasteiger partial charge >= 0.3 is 0 Å². The molecule has 2 rings (SSSR count). The number of methoxy groups -OCH3 is 1. The van der Waals surface area contributed by atoms with Crippen LogP contribution in [0.25, 0.3) is 0 Å². The molecule has 0 aliphatic carbocycles. The predicted molar refractivity (Wildman–Crippen MR) is 85.1 cm³/mol. The first kappa shape index (κ1) is 16.3. The molecule has 0 spiro atoms. The summed E-state index contributed by atoms with van der Waals surface area (Å²) >= 11 is 0. The summed E-state index contributed by atoms with van der Waals surface area (Å²) in [5.74, 6) is 0.739. The first-order valence-electron chi connectivity index (χ1n) is 7.84. The highest BCUT2D eigenvalue weighted by atomic mass is 16.5. The second kappa shape index (κ2) is 7.29. The third-order valence-electron chi connectivity index (χ3n) is 4.12. The largest absolute Gasteiger partial charge is 0.496 e. The third-order valence-corrected chi connectivity index (χ3v) is 4.12. The molecule has 1 aliphatic heterocycles. The molecular formula is C17H24N2O3. The number of ether oxygens (including phenoxy) is 1. The Morgan fingerprint density at radius 2 is 1.73 bits per heavy atom. The van der Waals surface area contributed by atoms with Crippen molar-refractivity contribution in [1.82, 2.24) is 9.80 Å². The van der Waals surface area contributed by atoms with Crippen molar-refractivity contribution in [1.29, 1.82) is 0 Å². The molecule has 0 saturated carbocycles. The maximum Gasteiger partial charge on any atom is 0.257 e. The van der Waals surface area contributed by atoms with Crippen LogP contribution in [-0.2, 0) is 11.2 Å². The van der Waals surface area contributed by atoms with E-state index in [0.29, 0.717) is 43.9 Å². The molecule has 2 amide bonds. The van der Waals surface area contributed by atoms with Crippen molar-refractivity contribution in [3.05, 3.63) is 29.3 Å². The number of rotatable bonds is 4. The zero-order chi connectivity index (χ0) is 16.1. The molecule has 1 aromatic carbocycles. The maximum absolute atomic E-state index is 12.7. The minimum atomic E-state index is -0.0178. The van der Waals surface area contributed by atoms with Gasteiger partial charge in [-0.3, -0.25) is 9.59 Å². The quantitative estimate of drug-likeness (QED) is 0.854. The average molecular weight is 304 g/mol. The van der Waals surface area contributed by atoms with Gasteiger partial charge in [0.1, 0.15) is 5.75 Å². The van der Waals surface area contributed by atoms with Crippen LogP contribution >= 0.6 is 0 Å². The molecular weight excluding hydrogens is 280 g/mol. The molecule has 5 heteroatoms. The van der Waals surface area contributed by atoms with E-state index in [1.807, 2.05) is 30.0 Å². The Hall–Kier alpha value is -2.04. The molecule has 0 bridgehead atoms. The van der Waals surface area contributed by atoms with E-state index in [1.54, 1.807) is 12.0 Å². The molecule has 0 aromatic heterocycles. The molecule has 1 heterocycles. The van der Waals surface area contributed by atoms with Crippen molar-refractivity contribution in [3.8, 4) is 5.75 Å². The molecule has 1 saturated heterocycles. The van der Waals surface area contributed by atoms with Gasteiger partial charge in [0.2, 0.25) is 5.91 Å². The number of piperazine rings is 1. The Labute approximate surface area is 131 Å². The maximum atomic E-state index is 12.7. The minimum absolute atomic E-state index is 0.0178. The van der Waals surface area contributed by atoms with Gasteiger partial charge in [0, 0.05) is 32.6 Å². The summed E-state index contributed by atoms with van der Waals surface area (Å²) in [6.07, 6.45) is 1.39. The summed E-state index contributed by atoms with van der Waals surface area (Å²) < 4.78 is 5.32. The summed E-state index contributed by atoms with van der Waals surface area (Å²) in [5.41, 5.74) is 1.72. The van der Waals surface area contributed by atoms with E-state index in [9.17, 15) is 9.59 Å². The van der Waals surface area contributed by atoms with Gasteiger partial charge in [0.25, 0.3) is 5.91 Å². The normalized spacial score (nSPS) is 14.9. The minimum Gasteiger partial charge on any atom is -0.496 e. The number of hydrogen-bond donors (Lipinski definition) is 0. The van der Waals surface area contributed by atoms with Gasteiger partial charge in [-0.15, -0.1) is 0 Å². The predicted octanol–water partition coefficient (Wildman–Crippen LogP) is 1.95. The Balaban J connectivity index is 2.11. The topological polar surface area (TPSA) is 49.9 Å². The fraction of sp³-hybridized carbons (Fsp3) is 0.529. The molecule has 0 N–H and O–H groups in total. The highest BCUT2D eigenvalue weighted by molar-refractivity contribution is 5.97. The highest BCUT2D eigenvalue weighted by Crippen LogP contribution is 2.22. The summed E-state index contributed by atoms with van der Waals surface area (Å²) in [6.45, 7) is 6.28. The van der Waals surface area contributed by atoms with Gasteiger partial charge in [0.05, 0.1) is 12.7 Å². The zero-order valence-electron chi connectivity index (χ0n) is 13.6. The lowest BCUT2D eigenvalue weighted by atomic mass is 10.1. The van der Waals surface area contributed by atoms with Crippen LogP contribution in [0.2, 0.25) is 0 Å². The molecule has 0 atom stereocenters. The van der Waals surface area contributed by atoms with Crippen molar-refractivity contribution in [2.45, 2.75) is 26.7 Å². The second-order valence-corrected chi connectivity index (χ2v) is 5.41. The standard InChI is InChI=1S/C17H24N2O3/c1-4-13-6-7-15(22-3)14(12-13)17(21)19-10-8-18(9-11-19)16(20)5-2/h6-7,12H,4-5,8-11H2,1-3H3. The lowest BCUT2D eigenvalue weighted by molar-refractivity contribution is -0.132. The van der Waals surface area contributed by atoms with E-state index in [1.165, 1.54) is 0 Å². The van der Waals surface area contributed by atoms with Gasteiger partial charge in [-0.25, -0.2) is 0 Å². The lowest BCUT2D eigenvalue weighted by Crippen LogP contribution is -2.50. The van der Waals surface area contributed by atoms with E-state index in [4.69, 9.17) is 4.74 Å². The van der Waals surface area contributed by atoms with Crippen molar-refractivity contribution >= 4 is 11.8 Å². The summed E-state index contributed by atoms with van der Waals surface area (Å²) in [7, 11) is 1.58. The van der Waals surface area contributed by atoms with E-state index in [2.05, 4.69) is 6.92 Å². The van der Waals surface area contributed by atoms with Crippen molar-refractivity contribution < 1.29 is 14.3 Å². The molecule has 1 aliphatic rings. The highest BCUT2D eigenvalue weighted by Gasteiger charge is 2.25. The zero-order valence-corrected chi connectivity index (χ0v) is 13.6. The number of benzene rings is 1. The molecule has 1 fully saturated rings. The van der Waals surface area contributed by atoms with Crippen LogP contribution in [-0.4, -0.2) is 54.9 Å². The Kier molecular flexibility index (Phi) is 5.41. The number of amides is 2. The van der Waals surface area contributed by atoms with Gasteiger partial charge in [0.15, 0.2) is 0 Å². The number of carbonyl (C=O) groups excluding carboxylic acids is 2. The number of hydrogen-bond acceptors (Lipinski definition) is 3. The number of nitrogens with zero attached hydrogens (tertiary/aromatic N) is 2. The van der Waals surface area contributed by atoms with Crippen LogP contribution in [0.4, 0.5) is 0 Å². The summed E-state index contributed by atoms with van der Waals surface area (Å²) in [5, 5.41) is 0. The SMILES string of the molecule is CCC(=O)N1CCN(C(=O)c2cc(CC)ccc2OC)CC1. The smallest absolute Gasteiger partial charge is 0.257 e. The van der Waals surface area contributed by atoms with E-state index >= 15 is 0 Å². The summed E-state index contributed by atoms with van der Waals surface area (Å²) in [4.78, 5) is 28.1. The molecule has 120 valence electrons. The first-order chi connectivity index (χ1) is 10.6. The van der Waals surface area contributed by atoms with Crippen molar-refractivity contribution in [2.75, 3.05) is 33.3 Å². The van der Waals surface area contributed by atoms with Crippen LogP contribution < -0.4 is 4.74 Å². The van der Waals surface area contributed by atoms with E-state index in [-0.39, 0.29) is 11.8 Å². The van der Waals surface area contributed by atoms with Gasteiger partial charge in [-0.1, -0.05) is 19.9 Å². The third kappa shape index (κ3) is 3.40. The first-order valence-corrected chi connectivity index (χ1v) is 7.84. The van der Waals surface area contributed by atoms with E-state index < -0.39 is 0 Å². The molecule has 0 radical (unpaired) electrons.